The van der Waals surface area contributed by atoms with Gasteiger partial charge in [0.25, 0.3) is 0 Å². The Balaban J connectivity index is 2.18. The quantitative estimate of drug-likeness (QED) is 0.779. The highest BCUT2D eigenvalue weighted by molar-refractivity contribution is 9.10. The molecule has 0 atom stereocenters. The lowest BCUT2D eigenvalue weighted by Gasteiger charge is -2.42. The number of benzene rings is 1. The molecule has 1 nitrogen and oxygen atoms in total. The van der Waals surface area contributed by atoms with Crippen molar-refractivity contribution in [1.82, 2.24) is 0 Å². The van der Waals surface area contributed by atoms with E-state index in [4.69, 9.17) is 0 Å². The first-order chi connectivity index (χ1) is 9.28. The minimum absolute atomic E-state index is 0.302. The fourth-order valence-corrected chi connectivity index (χ4v) is 3.65. The highest BCUT2D eigenvalue weighted by Crippen LogP contribution is 2.47. The third-order valence-electron chi connectivity index (χ3n) is 5.26. The van der Waals surface area contributed by atoms with Crippen molar-refractivity contribution in [1.29, 1.82) is 0 Å². The lowest BCUT2D eigenvalue weighted by atomic mass is 9.65. The van der Waals surface area contributed by atoms with Crippen molar-refractivity contribution in [3.05, 3.63) is 34.1 Å². The predicted octanol–water partition coefficient (Wildman–Crippen LogP) is 5.40. The van der Waals surface area contributed by atoms with Gasteiger partial charge in [-0.25, -0.2) is 4.39 Å². The summed E-state index contributed by atoms with van der Waals surface area (Å²) in [6.07, 6.45) is 4.36. The van der Waals surface area contributed by atoms with Gasteiger partial charge < -0.3 is 5.11 Å². The van der Waals surface area contributed by atoms with E-state index in [1.54, 1.807) is 12.1 Å². The summed E-state index contributed by atoms with van der Waals surface area (Å²) in [7, 11) is 0. The van der Waals surface area contributed by atoms with Crippen molar-refractivity contribution in [2.45, 2.75) is 58.5 Å². The predicted molar refractivity (Wildman–Crippen MR) is 84.0 cm³/mol. The molecule has 0 spiro atoms. The molecule has 0 aliphatic heterocycles. The summed E-state index contributed by atoms with van der Waals surface area (Å²) >= 11 is 3.36. The van der Waals surface area contributed by atoms with Crippen LogP contribution in [0.15, 0.2) is 22.7 Å². The normalized spacial score (nSPS) is 27.6. The molecule has 1 aliphatic rings. The summed E-state index contributed by atoms with van der Waals surface area (Å²) in [5.74, 6) is 0.312. The van der Waals surface area contributed by atoms with Crippen LogP contribution in [0.25, 0.3) is 0 Å². The molecule has 0 unspecified atom stereocenters. The number of hydrogen-bond acceptors (Lipinski definition) is 1. The maximum absolute atomic E-state index is 14.0. The fourth-order valence-electron chi connectivity index (χ4n) is 3.29. The minimum atomic E-state index is -1.01. The van der Waals surface area contributed by atoms with Gasteiger partial charge in [0, 0.05) is 10.0 Å². The summed E-state index contributed by atoms with van der Waals surface area (Å²) in [5, 5.41) is 10.8. The monoisotopic (exact) mass is 342 g/mol. The Bertz CT molecular complexity index is 476. The zero-order valence-corrected chi connectivity index (χ0v) is 14.1. The fraction of sp³-hybridized carbons (Fsp3) is 0.647. The highest BCUT2D eigenvalue weighted by Gasteiger charge is 2.40. The van der Waals surface area contributed by atoms with Crippen molar-refractivity contribution < 1.29 is 9.50 Å². The van der Waals surface area contributed by atoms with Gasteiger partial charge in [0.05, 0.1) is 5.60 Å². The Morgan fingerprint density at radius 1 is 1.35 bits per heavy atom. The van der Waals surface area contributed by atoms with Crippen molar-refractivity contribution in [3.63, 3.8) is 0 Å². The maximum Gasteiger partial charge on any atom is 0.129 e. The second kappa shape index (κ2) is 5.76. The Morgan fingerprint density at radius 3 is 2.50 bits per heavy atom. The summed E-state index contributed by atoms with van der Waals surface area (Å²) < 4.78 is 14.8. The van der Waals surface area contributed by atoms with Gasteiger partial charge in [-0.3, -0.25) is 0 Å². The Hall–Kier alpha value is -0.410. The summed E-state index contributed by atoms with van der Waals surface area (Å²) in [6, 6.07) is 4.83. The van der Waals surface area contributed by atoms with Crippen LogP contribution in [0.4, 0.5) is 4.39 Å². The van der Waals surface area contributed by atoms with Crippen LogP contribution in [0.2, 0.25) is 0 Å². The Kier molecular flexibility index (Phi) is 4.60. The first-order valence-electron chi connectivity index (χ1n) is 7.46. The van der Waals surface area contributed by atoms with E-state index < -0.39 is 5.60 Å². The molecule has 0 radical (unpaired) electrons. The molecule has 3 heteroatoms. The van der Waals surface area contributed by atoms with E-state index in [9.17, 15) is 9.50 Å². The minimum Gasteiger partial charge on any atom is -0.385 e. The zero-order chi connectivity index (χ0) is 15.0. The van der Waals surface area contributed by atoms with E-state index in [1.807, 2.05) is 0 Å². The molecule has 1 aromatic rings. The smallest absolute Gasteiger partial charge is 0.129 e. The van der Waals surface area contributed by atoms with Crippen LogP contribution in [0.3, 0.4) is 0 Å². The van der Waals surface area contributed by atoms with Gasteiger partial charge in [0.15, 0.2) is 0 Å². The highest BCUT2D eigenvalue weighted by atomic mass is 79.9. The molecule has 1 aliphatic carbocycles. The van der Waals surface area contributed by atoms with Crippen molar-refractivity contribution in [3.8, 4) is 0 Å². The standard InChI is InChI=1S/C17H24BrFO/c1-4-16(2,3)12-7-9-17(20,10-8-12)14-11-13(18)5-6-15(14)19/h5-6,11-12,20H,4,7-10H2,1-3H3. The van der Waals surface area contributed by atoms with Gasteiger partial charge in [-0.2, -0.15) is 0 Å². The molecule has 1 fully saturated rings. The van der Waals surface area contributed by atoms with E-state index >= 15 is 0 Å². The van der Waals surface area contributed by atoms with Gasteiger partial charge in [-0.05, 0) is 55.2 Å². The molecule has 2 rings (SSSR count). The van der Waals surface area contributed by atoms with Crippen molar-refractivity contribution >= 4 is 15.9 Å². The molecule has 1 N–H and O–H groups in total. The van der Waals surface area contributed by atoms with E-state index in [0.29, 0.717) is 29.7 Å². The number of aliphatic hydroxyl groups is 1. The van der Waals surface area contributed by atoms with E-state index in [0.717, 1.165) is 23.7 Å². The van der Waals surface area contributed by atoms with Crippen LogP contribution in [0, 0.1) is 17.2 Å². The van der Waals surface area contributed by atoms with Crippen LogP contribution in [-0.4, -0.2) is 5.11 Å². The molecule has 0 aromatic heterocycles. The van der Waals surface area contributed by atoms with Gasteiger partial charge >= 0.3 is 0 Å². The number of halogens is 2. The van der Waals surface area contributed by atoms with Gasteiger partial charge in [-0.1, -0.05) is 43.1 Å². The molecular weight excluding hydrogens is 319 g/mol. The van der Waals surface area contributed by atoms with Gasteiger partial charge in [0.2, 0.25) is 0 Å². The molecule has 20 heavy (non-hydrogen) atoms. The maximum atomic E-state index is 14.0. The van der Waals surface area contributed by atoms with E-state index in [-0.39, 0.29) is 5.82 Å². The summed E-state index contributed by atoms with van der Waals surface area (Å²) in [4.78, 5) is 0. The van der Waals surface area contributed by atoms with Crippen LogP contribution in [0.1, 0.15) is 58.4 Å². The molecule has 0 amide bonds. The molecule has 0 heterocycles. The zero-order valence-electron chi connectivity index (χ0n) is 12.5. The summed E-state index contributed by atoms with van der Waals surface area (Å²) in [6.45, 7) is 6.80. The van der Waals surface area contributed by atoms with Crippen LogP contribution < -0.4 is 0 Å². The lowest BCUT2D eigenvalue weighted by molar-refractivity contribution is -0.0352. The molecule has 0 bridgehead atoms. The van der Waals surface area contributed by atoms with E-state index in [2.05, 4.69) is 36.7 Å². The molecule has 0 saturated heterocycles. The summed E-state index contributed by atoms with van der Waals surface area (Å²) in [5.41, 5.74) is -0.259. The first-order valence-corrected chi connectivity index (χ1v) is 8.26. The topological polar surface area (TPSA) is 20.2 Å². The van der Waals surface area contributed by atoms with Crippen molar-refractivity contribution in [2.75, 3.05) is 0 Å². The lowest BCUT2D eigenvalue weighted by Crippen LogP contribution is -2.36. The second-order valence-electron chi connectivity index (χ2n) is 6.77. The third kappa shape index (κ3) is 3.09. The Labute approximate surface area is 129 Å². The molecule has 112 valence electrons. The molecular formula is C17H24BrFO. The van der Waals surface area contributed by atoms with Crippen molar-refractivity contribution in [2.24, 2.45) is 11.3 Å². The largest absolute Gasteiger partial charge is 0.385 e. The van der Waals surface area contributed by atoms with Crippen LogP contribution >= 0.6 is 15.9 Å². The van der Waals surface area contributed by atoms with E-state index in [1.165, 1.54) is 6.07 Å². The van der Waals surface area contributed by atoms with Crippen LogP contribution in [-0.2, 0) is 5.60 Å². The second-order valence-corrected chi connectivity index (χ2v) is 7.69. The third-order valence-corrected chi connectivity index (χ3v) is 5.75. The van der Waals surface area contributed by atoms with Crippen LogP contribution in [0.5, 0.6) is 0 Å². The average Bonchev–Trinajstić information content (AvgIpc) is 2.42. The number of rotatable bonds is 3. The number of hydrogen-bond donors (Lipinski definition) is 1. The van der Waals surface area contributed by atoms with Gasteiger partial charge in [0.1, 0.15) is 5.82 Å². The average molecular weight is 343 g/mol. The first kappa shape index (κ1) is 16.0. The van der Waals surface area contributed by atoms with Gasteiger partial charge in [-0.15, -0.1) is 0 Å². The molecule has 1 saturated carbocycles. The Morgan fingerprint density at radius 2 is 1.95 bits per heavy atom. The SMILES string of the molecule is CCC(C)(C)C1CCC(O)(c2cc(Br)ccc2F)CC1. The molecule has 1 aromatic carbocycles.